The highest BCUT2D eigenvalue weighted by Gasteiger charge is 2.30. The number of carbonyl (C=O) groups excluding carboxylic acids is 2. The van der Waals surface area contributed by atoms with Crippen molar-refractivity contribution in [2.75, 3.05) is 32.0 Å². The second-order valence-electron chi connectivity index (χ2n) is 7.03. The van der Waals surface area contributed by atoms with Crippen molar-refractivity contribution in [2.24, 2.45) is 5.92 Å². The molecule has 0 spiro atoms. The number of para-hydroxylation sites is 1. The lowest BCUT2D eigenvalue weighted by Gasteiger charge is -2.34. The Kier molecular flexibility index (Phi) is 6.16. The molecule has 25 heavy (non-hydrogen) atoms. The van der Waals surface area contributed by atoms with E-state index in [0.29, 0.717) is 13.1 Å². The molecule has 1 aromatic rings. The second-order valence-corrected chi connectivity index (χ2v) is 7.03. The van der Waals surface area contributed by atoms with Crippen molar-refractivity contribution >= 4 is 17.5 Å². The number of hydrogen-bond acceptors (Lipinski definition) is 4. The summed E-state index contributed by atoms with van der Waals surface area (Å²) in [6.45, 7) is 5.16. The summed E-state index contributed by atoms with van der Waals surface area (Å²) in [6.07, 6.45) is 1.47. The Morgan fingerprint density at radius 2 is 1.88 bits per heavy atom. The SMILES string of the molecule is CN(C(=O)CN1CCC(C(=O)Nc2ccccc2)CC1)C(C)(C)C#N. The summed E-state index contributed by atoms with van der Waals surface area (Å²) in [4.78, 5) is 28.2. The maximum Gasteiger partial charge on any atom is 0.237 e. The molecule has 0 unspecified atom stereocenters. The minimum Gasteiger partial charge on any atom is -0.326 e. The van der Waals surface area contributed by atoms with Crippen LogP contribution in [0.3, 0.4) is 0 Å². The number of likely N-dealkylation sites (tertiary alicyclic amines) is 1. The Labute approximate surface area is 149 Å². The molecule has 1 saturated heterocycles. The molecule has 1 aliphatic heterocycles. The number of amides is 2. The van der Waals surface area contributed by atoms with Gasteiger partial charge < -0.3 is 10.2 Å². The molecule has 0 aromatic heterocycles. The summed E-state index contributed by atoms with van der Waals surface area (Å²) >= 11 is 0. The van der Waals surface area contributed by atoms with Gasteiger partial charge in [0.15, 0.2) is 0 Å². The van der Waals surface area contributed by atoms with E-state index in [-0.39, 0.29) is 24.3 Å². The van der Waals surface area contributed by atoms with E-state index in [1.807, 2.05) is 30.3 Å². The van der Waals surface area contributed by atoms with Crippen LogP contribution in [-0.2, 0) is 9.59 Å². The predicted molar refractivity (Wildman–Crippen MR) is 96.7 cm³/mol. The van der Waals surface area contributed by atoms with Gasteiger partial charge in [-0.25, -0.2) is 0 Å². The van der Waals surface area contributed by atoms with Crippen LogP contribution in [0, 0.1) is 17.2 Å². The van der Waals surface area contributed by atoms with Crippen molar-refractivity contribution in [3.8, 4) is 6.07 Å². The molecule has 2 rings (SSSR count). The standard InChI is InChI=1S/C19H26N4O2/c1-19(2,14-20)22(3)17(24)13-23-11-9-15(10-12-23)18(25)21-16-7-5-4-6-8-16/h4-8,15H,9-13H2,1-3H3,(H,21,25). The molecule has 2 amide bonds. The van der Waals surface area contributed by atoms with Gasteiger partial charge in [0.05, 0.1) is 12.6 Å². The van der Waals surface area contributed by atoms with Crippen LogP contribution in [0.15, 0.2) is 30.3 Å². The number of nitrogens with one attached hydrogen (secondary N) is 1. The van der Waals surface area contributed by atoms with Crippen molar-refractivity contribution in [1.29, 1.82) is 5.26 Å². The summed E-state index contributed by atoms with van der Waals surface area (Å²) in [7, 11) is 1.66. The molecule has 0 radical (unpaired) electrons. The number of rotatable bonds is 5. The van der Waals surface area contributed by atoms with Gasteiger partial charge in [-0.2, -0.15) is 5.26 Å². The average molecular weight is 342 g/mol. The van der Waals surface area contributed by atoms with Gasteiger partial charge in [0, 0.05) is 18.7 Å². The maximum absolute atomic E-state index is 12.3. The van der Waals surface area contributed by atoms with E-state index in [4.69, 9.17) is 5.26 Å². The first-order chi connectivity index (χ1) is 11.8. The molecular formula is C19H26N4O2. The Bertz CT molecular complexity index is 643. The zero-order valence-corrected chi connectivity index (χ0v) is 15.2. The number of anilines is 1. The highest BCUT2D eigenvalue weighted by molar-refractivity contribution is 5.92. The first-order valence-corrected chi connectivity index (χ1v) is 8.59. The first-order valence-electron chi connectivity index (χ1n) is 8.59. The third kappa shape index (κ3) is 5.04. The van der Waals surface area contributed by atoms with Gasteiger partial charge in [0.2, 0.25) is 11.8 Å². The van der Waals surface area contributed by atoms with Crippen LogP contribution in [0.5, 0.6) is 0 Å². The Hall–Kier alpha value is -2.39. The quantitative estimate of drug-likeness (QED) is 0.889. The molecule has 134 valence electrons. The van der Waals surface area contributed by atoms with Crippen LogP contribution in [-0.4, -0.2) is 53.8 Å². The molecular weight excluding hydrogens is 316 g/mol. The van der Waals surface area contributed by atoms with Crippen LogP contribution in [0.25, 0.3) is 0 Å². The molecule has 6 nitrogen and oxygen atoms in total. The zero-order chi connectivity index (χ0) is 18.4. The van der Waals surface area contributed by atoms with Crippen LogP contribution in [0.1, 0.15) is 26.7 Å². The van der Waals surface area contributed by atoms with Gasteiger partial charge >= 0.3 is 0 Å². The van der Waals surface area contributed by atoms with Crippen molar-refractivity contribution in [2.45, 2.75) is 32.2 Å². The molecule has 1 N–H and O–H groups in total. The van der Waals surface area contributed by atoms with Gasteiger partial charge in [-0.1, -0.05) is 18.2 Å². The van der Waals surface area contributed by atoms with Gasteiger partial charge in [-0.15, -0.1) is 0 Å². The van der Waals surface area contributed by atoms with Crippen LogP contribution < -0.4 is 5.32 Å². The summed E-state index contributed by atoms with van der Waals surface area (Å²) in [5.41, 5.74) is -0.00389. The number of nitriles is 1. The van der Waals surface area contributed by atoms with Crippen molar-refractivity contribution in [3.05, 3.63) is 30.3 Å². The van der Waals surface area contributed by atoms with Gasteiger partial charge in [-0.05, 0) is 51.9 Å². The fraction of sp³-hybridized carbons (Fsp3) is 0.526. The van der Waals surface area contributed by atoms with Crippen LogP contribution in [0.4, 0.5) is 5.69 Å². The van der Waals surface area contributed by atoms with Gasteiger partial charge in [0.25, 0.3) is 0 Å². The van der Waals surface area contributed by atoms with Crippen molar-refractivity contribution in [3.63, 3.8) is 0 Å². The van der Waals surface area contributed by atoms with E-state index in [0.717, 1.165) is 18.5 Å². The number of benzene rings is 1. The third-order valence-electron chi connectivity index (χ3n) is 4.84. The fourth-order valence-electron chi connectivity index (χ4n) is 2.80. The Balaban J connectivity index is 1.80. The fourth-order valence-corrected chi connectivity index (χ4v) is 2.80. The van der Waals surface area contributed by atoms with E-state index < -0.39 is 5.54 Å². The zero-order valence-electron chi connectivity index (χ0n) is 15.2. The Morgan fingerprint density at radius 3 is 2.44 bits per heavy atom. The van der Waals surface area contributed by atoms with E-state index in [1.165, 1.54) is 4.90 Å². The molecule has 6 heteroatoms. The van der Waals surface area contributed by atoms with E-state index in [9.17, 15) is 9.59 Å². The summed E-state index contributed by atoms with van der Waals surface area (Å²) in [5.74, 6) is -0.0570. The van der Waals surface area contributed by atoms with Crippen LogP contribution in [0.2, 0.25) is 0 Å². The highest BCUT2D eigenvalue weighted by Crippen LogP contribution is 2.20. The lowest BCUT2D eigenvalue weighted by atomic mass is 9.95. The number of carbonyl (C=O) groups is 2. The van der Waals surface area contributed by atoms with Gasteiger partial charge in [-0.3, -0.25) is 14.5 Å². The molecule has 1 aliphatic rings. The number of piperidine rings is 1. The third-order valence-corrected chi connectivity index (χ3v) is 4.84. The van der Waals surface area contributed by atoms with E-state index >= 15 is 0 Å². The summed E-state index contributed by atoms with van der Waals surface area (Å²) in [5, 5.41) is 12.1. The lowest BCUT2D eigenvalue weighted by molar-refractivity contribution is -0.134. The molecule has 1 heterocycles. The van der Waals surface area contributed by atoms with Crippen LogP contribution >= 0.6 is 0 Å². The van der Waals surface area contributed by atoms with Crippen molar-refractivity contribution in [1.82, 2.24) is 9.80 Å². The molecule has 0 saturated carbocycles. The lowest BCUT2D eigenvalue weighted by Crippen LogP contribution is -2.49. The monoisotopic (exact) mass is 342 g/mol. The molecule has 1 fully saturated rings. The topological polar surface area (TPSA) is 76.4 Å². The van der Waals surface area contributed by atoms with Crippen molar-refractivity contribution < 1.29 is 9.59 Å². The number of nitrogens with zero attached hydrogens (tertiary/aromatic N) is 3. The normalized spacial score (nSPS) is 16.1. The smallest absolute Gasteiger partial charge is 0.237 e. The molecule has 0 aliphatic carbocycles. The molecule has 0 atom stereocenters. The summed E-state index contributed by atoms with van der Waals surface area (Å²) in [6, 6.07) is 11.6. The number of likely N-dealkylation sites (N-methyl/N-ethyl adjacent to an activating group) is 1. The largest absolute Gasteiger partial charge is 0.326 e. The van der Waals surface area contributed by atoms with E-state index in [2.05, 4.69) is 16.3 Å². The molecule has 1 aromatic carbocycles. The Morgan fingerprint density at radius 1 is 1.28 bits per heavy atom. The average Bonchev–Trinajstić information content (AvgIpc) is 2.62. The first kappa shape index (κ1) is 18.9. The minimum atomic E-state index is -0.815. The highest BCUT2D eigenvalue weighted by atomic mass is 16.2. The summed E-state index contributed by atoms with van der Waals surface area (Å²) < 4.78 is 0. The second kappa shape index (κ2) is 8.13. The minimum absolute atomic E-state index is 0.0279. The molecule has 0 bridgehead atoms. The predicted octanol–water partition coefficient (Wildman–Crippen LogP) is 2.10. The van der Waals surface area contributed by atoms with E-state index in [1.54, 1.807) is 20.9 Å². The maximum atomic E-state index is 12.3. The number of hydrogen-bond donors (Lipinski definition) is 1. The van der Waals surface area contributed by atoms with Gasteiger partial charge in [0.1, 0.15) is 5.54 Å².